The number of fused-ring (bicyclic) bond motifs is 2. The smallest absolute Gasteiger partial charge is 0.262 e. The Bertz CT molecular complexity index is 1170. The maximum atomic E-state index is 12.7. The van der Waals surface area contributed by atoms with E-state index in [2.05, 4.69) is 15.3 Å². The standard InChI is InChI=1S/C18H16N4O3/c1-10-14(15-17(24)20-9-21-18(15)25-10)16(23)19-8-11-4-3-5-13-12(11)6-7-22(13)2/h3-7,9H,8H2,1-2H3,(H,19,23)(H,20,21,24). The lowest BCUT2D eigenvalue weighted by atomic mass is 10.1. The molecule has 1 amide bonds. The fourth-order valence-electron chi connectivity index (χ4n) is 3.11. The third-order valence-corrected chi connectivity index (χ3v) is 4.35. The van der Waals surface area contributed by atoms with Crippen LogP contribution < -0.4 is 10.9 Å². The minimum atomic E-state index is -0.392. The van der Waals surface area contributed by atoms with Crippen molar-refractivity contribution in [2.75, 3.05) is 0 Å². The van der Waals surface area contributed by atoms with Gasteiger partial charge in [0.2, 0.25) is 5.71 Å². The molecule has 0 bridgehead atoms. The maximum Gasteiger partial charge on any atom is 0.262 e. The molecule has 0 saturated heterocycles. The predicted octanol–water partition coefficient (Wildman–Crippen LogP) is 2.25. The van der Waals surface area contributed by atoms with Gasteiger partial charge in [0.05, 0.1) is 11.9 Å². The fraction of sp³-hybridized carbons (Fsp3) is 0.167. The quantitative estimate of drug-likeness (QED) is 0.600. The van der Waals surface area contributed by atoms with Gasteiger partial charge >= 0.3 is 0 Å². The van der Waals surface area contributed by atoms with Gasteiger partial charge in [-0.3, -0.25) is 9.59 Å². The predicted molar refractivity (Wildman–Crippen MR) is 93.5 cm³/mol. The molecule has 0 aliphatic carbocycles. The Morgan fingerprint density at radius 1 is 1.36 bits per heavy atom. The van der Waals surface area contributed by atoms with Crippen molar-refractivity contribution in [3.05, 3.63) is 64.0 Å². The zero-order chi connectivity index (χ0) is 17.6. The molecular formula is C18H16N4O3. The van der Waals surface area contributed by atoms with Gasteiger partial charge < -0.3 is 19.3 Å². The molecule has 3 heterocycles. The lowest BCUT2D eigenvalue weighted by Gasteiger charge is -2.07. The van der Waals surface area contributed by atoms with E-state index in [-0.39, 0.29) is 22.6 Å². The lowest BCUT2D eigenvalue weighted by Crippen LogP contribution is -2.24. The van der Waals surface area contributed by atoms with Gasteiger partial charge in [0, 0.05) is 30.7 Å². The molecule has 0 aliphatic rings. The number of carbonyl (C=O) groups is 1. The molecule has 0 atom stereocenters. The van der Waals surface area contributed by atoms with Crippen LogP contribution in [0.4, 0.5) is 0 Å². The summed E-state index contributed by atoms with van der Waals surface area (Å²) in [6, 6.07) is 7.97. The molecule has 4 aromatic rings. The lowest BCUT2D eigenvalue weighted by molar-refractivity contribution is 0.0951. The number of hydrogen-bond donors (Lipinski definition) is 2. The number of nitrogens with zero attached hydrogens (tertiary/aromatic N) is 2. The first-order chi connectivity index (χ1) is 12.1. The van der Waals surface area contributed by atoms with E-state index < -0.39 is 5.56 Å². The maximum absolute atomic E-state index is 12.7. The van der Waals surface area contributed by atoms with Crippen molar-refractivity contribution < 1.29 is 9.21 Å². The summed E-state index contributed by atoms with van der Waals surface area (Å²) in [5, 5.41) is 4.13. The molecule has 2 N–H and O–H groups in total. The highest BCUT2D eigenvalue weighted by molar-refractivity contribution is 6.06. The van der Waals surface area contributed by atoms with Crippen LogP contribution in [0.5, 0.6) is 0 Å². The molecule has 0 unspecified atom stereocenters. The highest BCUT2D eigenvalue weighted by Gasteiger charge is 2.21. The number of amides is 1. The Hall–Kier alpha value is -3.35. The summed E-state index contributed by atoms with van der Waals surface area (Å²) < 4.78 is 7.46. The Balaban J connectivity index is 1.67. The van der Waals surface area contributed by atoms with E-state index in [9.17, 15) is 9.59 Å². The van der Waals surface area contributed by atoms with Crippen molar-refractivity contribution in [3.63, 3.8) is 0 Å². The summed E-state index contributed by atoms with van der Waals surface area (Å²) in [6.07, 6.45) is 3.24. The summed E-state index contributed by atoms with van der Waals surface area (Å²) in [6.45, 7) is 2.00. The van der Waals surface area contributed by atoms with E-state index in [1.165, 1.54) is 6.33 Å². The molecule has 0 saturated carbocycles. The summed E-state index contributed by atoms with van der Waals surface area (Å²) in [5.41, 5.74) is 2.10. The molecule has 7 nitrogen and oxygen atoms in total. The van der Waals surface area contributed by atoms with Crippen molar-refractivity contribution in [3.8, 4) is 0 Å². The highest BCUT2D eigenvalue weighted by atomic mass is 16.3. The third kappa shape index (κ3) is 2.40. The van der Waals surface area contributed by atoms with E-state index in [4.69, 9.17) is 4.42 Å². The molecule has 4 rings (SSSR count). The van der Waals surface area contributed by atoms with Crippen molar-refractivity contribution in [1.82, 2.24) is 19.9 Å². The van der Waals surface area contributed by atoms with Crippen molar-refractivity contribution in [2.24, 2.45) is 7.05 Å². The van der Waals surface area contributed by atoms with Gasteiger partial charge in [0.15, 0.2) is 0 Å². The molecular weight excluding hydrogens is 320 g/mol. The second-order valence-corrected chi connectivity index (χ2v) is 5.90. The molecule has 126 valence electrons. The minimum absolute atomic E-state index is 0.163. The van der Waals surface area contributed by atoms with E-state index in [0.717, 1.165) is 16.5 Å². The van der Waals surface area contributed by atoms with E-state index >= 15 is 0 Å². The molecule has 25 heavy (non-hydrogen) atoms. The Morgan fingerprint density at radius 3 is 3.04 bits per heavy atom. The number of aromatic nitrogens is 3. The molecule has 7 heteroatoms. The normalized spacial score (nSPS) is 11.3. The van der Waals surface area contributed by atoms with Crippen molar-refractivity contribution in [2.45, 2.75) is 13.5 Å². The van der Waals surface area contributed by atoms with E-state index in [1.807, 2.05) is 42.1 Å². The van der Waals surface area contributed by atoms with Gasteiger partial charge in [0.1, 0.15) is 11.1 Å². The molecule has 1 aromatic carbocycles. The van der Waals surface area contributed by atoms with Gasteiger partial charge in [-0.15, -0.1) is 0 Å². The van der Waals surface area contributed by atoms with Crippen molar-refractivity contribution in [1.29, 1.82) is 0 Å². The molecule has 0 fully saturated rings. The average Bonchev–Trinajstić information content (AvgIpc) is 3.14. The Kier molecular flexibility index (Phi) is 3.42. The molecule has 0 spiro atoms. The Labute approximate surface area is 142 Å². The van der Waals surface area contributed by atoms with Crippen LogP contribution in [0.15, 0.2) is 46.0 Å². The van der Waals surface area contributed by atoms with Crippen LogP contribution in [0, 0.1) is 6.92 Å². The third-order valence-electron chi connectivity index (χ3n) is 4.35. The molecule has 0 radical (unpaired) electrons. The number of aromatic amines is 1. The first-order valence-corrected chi connectivity index (χ1v) is 7.84. The number of H-pyrrole nitrogens is 1. The Morgan fingerprint density at radius 2 is 2.20 bits per heavy atom. The fourth-order valence-corrected chi connectivity index (χ4v) is 3.11. The number of benzene rings is 1. The SMILES string of the molecule is Cc1oc2nc[nH]c(=O)c2c1C(=O)NCc1cccc2c1ccn2C. The van der Waals surface area contributed by atoms with E-state index in [1.54, 1.807) is 6.92 Å². The summed E-state index contributed by atoms with van der Waals surface area (Å²) >= 11 is 0. The number of furan rings is 1. The topological polar surface area (TPSA) is 92.9 Å². The van der Waals surface area contributed by atoms with Crippen LogP contribution in [0.1, 0.15) is 21.7 Å². The summed E-state index contributed by atoms with van der Waals surface area (Å²) in [7, 11) is 1.98. The largest absolute Gasteiger partial charge is 0.442 e. The van der Waals surface area contributed by atoms with Crippen LogP contribution in [-0.2, 0) is 13.6 Å². The zero-order valence-corrected chi connectivity index (χ0v) is 13.8. The van der Waals surface area contributed by atoms with E-state index in [0.29, 0.717) is 12.3 Å². The first-order valence-electron chi connectivity index (χ1n) is 7.84. The number of carbonyl (C=O) groups excluding carboxylic acids is 1. The summed E-state index contributed by atoms with van der Waals surface area (Å²) in [4.78, 5) is 31.1. The number of rotatable bonds is 3. The molecule has 0 aliphatic heterocycles. The van der Waals surface area contributed by atoms with Crippen LogP contribution in [0.3, 0.4) is 0 Å². The van der Waals surface area contributed by atoms with Gasteiger partial charge in [-0.1, -0.05) is 12.1 Å². The minimum Gasteiger partial charge on any atom is -0.442 e. The van der Waals surface area contributed by atoms with Crippen LogP contribution in [0.25, 0.3) is 22.0 Å². The number of nitrogens with one attached hydrogen (secondary N) is 2. The number of aryl methyl sites for hydroxylation is 2. The van der Waals surface area contributed by atoms with Crippen LogP contribution >= 0.6 is 0 Å². The van der Waals surface area contributed by atoms with Gasteiger partial charge in [-0.25, -0.2) is 4.98 Å². The van der Waals surface area contributed by atoms with Gasteiger partial charge in [-0.05, 0) is 24.6 Å². The second-order valence-electron chi connectivity index (χ2n) is 5.90. The second kappa shape index (κ2) is 5.62. The zero-order valence-electron chi connectivity index (χ0n) is 13.8. The molecule has 3 aromatic heterocycles. The van der Waals surface area contributed by atoms with Gasteiger partial charge in [0.25, 0.3) is 11.5 Å². The number of hydrogen-bond acceptors (Lipinski definition) is 4. The van der Waals surface area contributed by atoms with Crippen LogP contribution in [0.2, 0.25) is 0 Å². The monoisotopic (exact) mass is 336 g/mol. The van der Waals surface area contributed by atoms with Gasteiger partial charge in [-0.2, -0.15) is 0 Å². The van der Waals surface area contributed by atoms with Crippen LogP contribution in [-0.4, -0.2) is 20.4 Å². The van der Waals surface area contributed by atoms with Crippen molar-refractivity contribution >= 4 is 27.9 Å². The first kappa shape index (κ1) is 15.2. The summed E-state index contributed by atoms with van der Waals surface area (Å²) in [5.74, 6) is 0.0114. The highest BCUT2D eigenvalue weighted by Crippen LogP contribution is 2.22. The average molecular weight is 336 g/mol.